The zero-order chi connectivity index (χ0) is 11.5. The van der Waals surface area contributed by atoms with Crippen molar-refractivity contribution in [3.63, 3.8) is 0 Å². The average molecular weight is 246 g/mol. The van der Waals surface area contributed by atoms with Gasteiger partial charge in [0.2, 0.25) is 5.91 Å². The van der Waals surface area contributed by atoms with E-state index in [1.54, 1.807) is 7.11 Å². The summed E-state index contributed by atoms with van der Waals surface area (Å²) in [4.78, 5) is 12.0. The first-order valence-corrected chi connectivity index (χ1v) is 6.66. The van der Waals surface area contributed by atoms with E-state index in [1.165, 1.54) is 25.7 Å². The van der Waals surface area contributed by atoms with Gasteiger partial charge in [-0.2, -0.15) is 0 Å². The Hall–Kier alpha value is -0.280. The number of carbonyl (C=O) groups is 1. The largest absolute Gasteiger partial charge is 0.383 e. The van der Waals surface area contributed by atoms with Crippen LogP contribution in [0.1, 0.15) is 25.7 Å². The average Bonchev–Trinajstić information content (AvgIpc) is 3.02. The zero-order valence-corrected chi connectivity index (χ0v) is 10.5. The summed E-state index contributed by atoms with van der Waals surface area (Å²) in [5, 5.41) is 2.99. The van der Waals surface area contributed by atoms with Gasteiger partial charge in [0.05, 0.1) is 12.6 Å². The Bertz CT molecular complexity index is 247. The monoisotopic (exact) mass is 245 g/mol. The van der Waals surface area contributed by atoms with Crippen molar-refractivity contribution >= 4 is 17.5 Å². The number of fused-ring (bicyclic) bond motifs is 1. The molecule has 0 heterocycles. The summed E-state index contributed by atoms with van der Waals surface area (Å²) in [6.07, 6.45) is 5.06. The van der Waals surface area contributed by atoms with Gasteiger partial charge in [-0.25, -0.2) is 0 Å². The molecular weight excluding hydrogens is 226 g/mol. The molecule has 0 radical (unpaired) electrons. The maximum Gasteiger partial charge on any atom is 0.224 e. The van der Waals surface area contributed by atoms with Crippen molar-refractivity contribution in [2.45, 2.75) is 31.7 Å². The number of nitrogens with one attached hydrogen (secondary N) is 1. The number of amides is 1. The highest BCUT2D eigenvalue weighted by Gasteiger charge is 2.54. The first-order valence-electron chi connectivity index (χ1n) is 6.13. The lowest BCUT2D eigenvalue weighted by Gasteiger charge is -2.14. The summed E-state index contributed by atoms with van der Waals surface area (Å²) in [5.41, 5.74) is 0. The van der Waals surface area contributed by atoms with Gasteiger partial charge in [-0.3, -0.25) is 4.79 Å². The number of hydrogen-bond donors (Lipinski definition) is 1. The number of rotatable bonds is 5. The Labute approximate surface area is 102 Å². The molecule has 0 aromatic carbocycles. The van der Waals surface area contributed by atoms with E-state index in [4.69, 9.17) is 16.3 Å². The fourth-order valence-corrected chi connectivity index (χ4v) is 3.17. The van der Waals surface area contributed by atoms with E-state index in [0.717, 1.165) is 0 Å². The van der Waals surface area contributed by atoms with Crippen LogP contribution in [0.25, 0.3) is 0 Å². The Kier molecular flexibility index (Phi) is 4.09. The molecule has 0 spiro atoms. The standard InChI is InChI=1S/C12H20ClNO2/c1-16-7-8(6-13)14-12(15)11-9-4-2-3-5-10(9)11/h8-11H,2-7H2,1H3,(H,14,15). The van der Waals surface area contributed by atoms with Gasteiger partial charge in [0.15, 0.2) is 0 Å². The summed E-state index contributed by atoms with van der Waals surface area (Å²) in [5.74, 6) is 2.20. The summed E-state index contributed by atoms with van der Waals surface area (Å²) < 4.78 is 5.02. The molecule has 0 aromatic heterocycles. The third-order valence-corrected chi connectivity index (χ3v) is 4.23. The van der Waals surface area contributed by atoms with Crippen LogP contribution in [0.15, 0.2) is 0 Å². The first-order chi connectivity index (χ1) is 7.77. The topological polar surface area (TPSA) is 38.3 Å². The SMILES string of the molecule is COCC(CCl)NC(=O)C1C2CCCCC21. The Morgan fingerprint density at radius 2 is 2.06 bits per heavy atom. The number of ether oxygens (including phenoxy) is 1. The van der Waals surface area contributed by atoms with E-state index in [-0.39, 0.29) is 17.9 Å². The lowest BCUT2D eigenvalue weighted by atomic mass is 10.0. The van der Waals surface area contributed by atoms with Crippen molar-refractivity contribution in [2.75, 3.05) is 19.6 Å². The molecule has 0 saturated heterocycles. The third-order valence-electron chi connectivity index (χ3n) is 3.86. The summed E-state index contributed by atoms with van der Waals surface area (Å²) >= 11 is 5.77. The van der Waals surface area contributed by atoms with Crippen LogP contribution in [0.2, 0.25) is 0 Å². The lowest BCUT2D eigenvalue weighted by molar-refractivity contribution is -0.123. The van der Waals surface area contributed by atoms with Gasteiger partial charge in [-0.15, -0.1) is 11.6 Å². The lowest BCUT2D eigenvalue weighted by Crippen LogP contribution is -2.40. The van der Waals surface area contributed by atoms with Crippen LogP contribution in [0.5, 0.6) is 0 Å². The van der Waals surface area contributed by atoms with E-state index < -0.39 is 0 Å². The van der Waals surface area contributed by atoms with Crippen molar-refractivity contribution in [3.05, 3.63) is 0 Å². The van der Waals surface area contributed by atoms with Gasteiger partial charge in [-0.1, -0.05) is 12.8 Å². The number of methoxy groups -OCH3 is 1. The fraction of sp³-hybridized carbons (Fsp3) is 0.917. The van der Waals surface area contributed by atoms with Crippen LogP contribution >= 0.6 is 11.6 Å². The normalized spacial score (nSPS) is 34.0. The van der Waals surface area contributed by atoms with Crippen LogP contribution in [0.3, 0.4) is 0 Å². The summed E-state index contributed by atoms with van der Waals surface area (Å²) in [6.45, 7) is 0.497. The predicted molar refractivity (Wildman–Crippen MR) is 63.5 cm³/mol. The molecular formula is C12H20ClNO2. The Morgan fingerprint density at radius 3 is 2.56 bits per heavy atom. The van der Waals surface area contributed by atoms with E-state index in [1.807, 2.05) is 0 Å². The Morgan fingerprint density at radius 1 is 1.44 bits per heavy atom. The van der Waals surface area contributed by atoms with E-state index in [9.17, 15) is 4.79 Å². The quantitative estimate of drug-likeness (QED) is 0.750. The second kappa shape index (κ2) is 5.37. The van der Waals surface area contributed by atoms with Crippen LogP contribution in [-0.4, -0.2) is 31.5 Å². The first kappa shape index (κ1) is 12.2. The van der Waals surface area contributed by atoms with Crippen LogP contribution in [-0.2, 0) is 9.53 Å². The van der Waals surface area contributed by atoms with Crippen LogP contribution < -0.4 is 5.32 Å². The van der Waals surface area contributed by atoms with Crippen molar-refractivity contribution in [2.24, 2.45) is 17.8 Å². The molecule has 1 amide bonds. The van der Waals surface area contributed by atoms with Gasteiger partial charge >= 0.3 is 0 Å². The highest BCUT2D eigenvalue weighted by molar-refractivity contribution is 6.18. The molecule has 2 aliphatic rings. The minimum Gasteiger partial charge on any atom is -0.383 e. The molecule has 0 aliphatic heterocycles. The fourth-order valence-electron chi connectivity index (χ4n) is 3.00. The van der Waals surface area contributed by atoms with Crippen molar-refractivity contribution in [1.29, 1.82) is 0 Å². The molecule has 3 nitrogen and oxygen atoms in total. The van der Waals surface area contributed by atoms with E-state index >= 15 is 0 Å². The van der Waals surface area contributed by atoms with Crippen molar-refractivity contribution < 1.29 is 9.53 Å². The van der Waals surface area contributed by atoms with Crippen molar-refractivity contribution in [3.8, 4) is 0 Å². The number of carbonyl (C=O) groups excluding carboxylic acids is 1. The van der Waals surface area contributed by atoms with Gasteiger partial charge in [0.1, 0.15) is 0 Å². The molecule has 16 heavy (non-hydrogen) atoms. The Balaban J connectivity index is 1.80. The molecule has 2 fully saturated rings. The number of halogens is 1. The maximum atomic E-state index is 12.0. The minimum atomic E-state index is -0.0400. The maximum absolute atomic E-state index is 12.0. The number of hydrogen-bond acceptors (Lipinski definition) is 2. The minimum absolute atomic E-state index is 0.0400. The molecule has 2 saturated carbocycles. The summed E-state index contributed by atoms with van der Waals surface area (Å²) in [6, 6.07) is -0.0400. The van der Waals surface area contributed by atoms with Crippen LogP contribution in [0.4, 0.5) is 0 Å². The third kappa shape index (κ3) is 2.51. The molecule has 4 heteroatoms. The molecule has 0 bridgehead atoms. The predicted octanol–water partition coefficient (Wildman–Crippen LogP) is 1.79. The van der Waals surface area contributed by atoms with Gasteiger partial charge < -0.3 is 10.1 Å². The molecule has 92 valence electrons. The highest BCUT2D eigenvalue weighted by Crippen LogP contribution is 2.55. The second-order valence-electron chi connectivity index (χ2n) is 4.95. The molecule has 1 N–H and O–H groups in total. The smallest absolute Gasteiger partial charge is 0.224 e. The molecule has 3 unspecified atom stereocenters. The van der Waals surface area contributed by atoms with Gasteiger partial charge in [-0.05, 0) is 24.7 Å². The zero-order valence-electron chi connectivity index (χ0n) is 9.75. The molecule has 2 aliphatic carbocycles. The van der Waals surface area contributed by atoms with Crippen LogP contribution in [0, 0.1) is 17.8 Å². The molecule has 0 aromatic rings. The number of alkyl halides is 1. The second-order valence-corrected chi connectivity index (χ2v) is 5.26. The molecule has 2 rings (SSSR count). The van der Waals surface area contributed by atoms with Gasteiger partial charge in [0.25, 0.3) is 0 Å². The highest BCUT2D eigenvalue weighted by atomic mass is 35.5. The summed E-state index contributed by atoms with van der Waals surface area (Å²) in [7, 11) is 1.63. The van der Waals surface area contributed by atoms with E-state index in [2.05, 4.69) is 5.32 Å². The van der Waals surface area contributed by atoms with Crippen molar-refractivity contribution in [1.82, 2.24) is 5.32 Å². The van der Waals surface area contributed by atoms with Gasteiger partial charge in [0, 0.05) is 18.9 Å². The van der Waals surface area contributed by atoms with E-state index in [0.29, 0.717) is 24.3 Å². The molecule has 3 atom stereocenters.